The maximum absolute atomic E-state index is 13.9. The molecule has 1 saturated heterocycles. The number of carbonyl (C=O) groups excluding carboxylic acids is 1. The molecule has 0 bridgehead atoms. The monoisotopic (exact) mass is 382 g/mol. The first-order chi connectivity index (χ1) is 13.6. The van der Waals surface area contributed by atoms with Crippen molar-refractivity contribution in [3.63, 3.8) is 0 Å². The number of nitrogens with zero attached hydrogens (tertiary/aromatic N) is 4. The first kappa shape index (κ1) is 18.3. The summed E-state index contributed by atoms with van der Waals surface area (Å²) in [6.45, 7) is 2.66. The molecule has 28 heavy (non-hydrogen) atoms. The van der Waals surface area contributed by atoms with Crippen LogP contribution in [0.4, 0.5) is 10.1 Å². The summed E-state index contributed by atoms with van der Waals surface area (Å²) in [5, 5.41) is 0. The molecule has 0 atom stereocenters. The van der Waals surface area contributed by atoms with Gasteiger partial charge in [-0.2, -0.15) is 0 Å². The minimum absolute atomic E-state index is 0.0213. The lowest BCUT2D eigenvalue weighted by Crippen LogP contribution is -2.49. The lowest BCUT2D eigenvalue weighted by Gasteiger charge is -2.36. The molecule has 4 rings (SSSR count). The van der Waals surface area contributed by atoms with E-state index in [1.165, 1.54) is 6.07 Å². The van der Waals surface area contributed by atoms with Crippen LogP contribution in [0.15, 0.2) is 53.3 Å². The number of amides is 1. The minimum atomic E-state index is -0.238. The van der Waals surface area contributed by atoms with E-state index in [4.69, 9.17) is 0 Å². The van der Waals surface area contributed by atoms with Crippen LogP contribution in [0, 0.1) is 5.82 Å². The second-order valence-electron chi connectivity index (χ2n) is 7.05. The van der Waals surface area contributed by atoms with E-state index in [0.717, 1.165) is 11.0 Å². The molecule has 0 radical (unpaired) electrons. The van der Waals surface area contributed by atoms with E-state index in [0.29, 0.717) is 38.4 Å². The molecular weight excluding hydrogens is 359 g/mol. The van der Waals surface area contributed by atoms with Gasteiger partial charge in [0, 0.05) is 46.2 Å². The molecule has 3 aromatic rings. The predicted octanol–water partition coefficient (Wildman–Crippen LogP) is 2.22. The van der Waals surface area contributed by atoms with Crippen LogP contribution in [0.1, 0.15) is 6.42 Å². The van der Waals surface area contributed by atoms with Crippen molar-refractivity contribution in [1.29, 1.82) is 0 Å². The van der Waals surface area contributed by atoms with Crippen molar-refractivity contribution >= 4 is 22.6 Å². The van der Waals surface area contributed by atoms with Crippen molar-refractivity contribution in [2.45, 2.75) is 13.0 Å². The van der Waals surface area contributed by atoms with Gasteiger partial charge in [-0.1, -0.05) is 24.3 Å². The number of hydrogen-bond donors (Lipinski definition) is 0. The Balaban J connectivity index is 1.39. The summed E-state index contributed by atoms with van der Waals surface area (Å²) in [7, 11) is 1.74. The highest BCUT2D eigenvalue weighted by Gasteiger charge is 2.23. The number of imidazole rings is 1. The third-order valence-corrected chi connectivity index (χ3v) is 5.43. The Morgan fingerprint density at radius 3 is 2.32 bits per heavy atom. The van der Waals surface area contributed by atoms with Crippen molar-refractivity contribution in [3.8, 4) is 0 Å². The standard InChI is InChI=1S/C21H23FN4O2/c1-23-18-8-4-5-9-19(18)26(21(23)28)11-10-20(27)25-14-12-24(13-15-25)17-7-3-2-6-16(17)22/h2-9H,10-15H2,1H3. The lowest BCUT2D eigenvalue weighted by molar-refractivity contribution is -0.131. The molecular formula is C21H23FN4O2. The van der Waals surface area contributed by atoms with Gasteiger partial charge in [-0.05, 0) is 24.3 Å². The summed E-state index contributed by atoms with van der Waals surface area (Å²) >= 11 is 0. The van der Waals surface area contributed by atoms with Crippen molar-refractivity contribution < 1.29 is 9.18 Å². The molecule has 1 aliphatic rings. The van der Waals surface area contributed by atoms with Crippen LogP contribution in [0.2, 0.25) is 0 Å². The number of para-hydroxylation sites is 3. The Labute approximate surface area is 162 Å². The molecule has 1 aliphatic heterocycles. The molecule has 2 heterocycles. The molecule has 0 spiro atoms. The number of benzene rings is 2. The molecule has 0 aliphatic carbocycles. The Bertz CT molecular complexity index is 1060. The second kappa shape index (κ2) is 7.50. The molecule has 1 aromatic heterocycles. The number of carbonyl (C=O) groups is 1. The highest BCUT2D eigenvalue weighted by Crippen LogP contribution is 2.20. The van der Waals surface area contributed by atoms with Gasteiger partial charge < -0.3 is 9.80 Å². The average molecular weight is 382 g/mol. The van der Waals surface area contributed by atoms with Gasteiger partial charge in [0.1, 0.15) is 5.82 Å². The highest BCUT2D eigenvalue weighted by molar-refractivity contribution is 5.78. The Hall–Kier alpha value is -3.09. The first-order valence-corrected chi connectivity index (χ1v) is 9.48. The minimum Gasteiger partial charge on any atom is -0.366 e. The highest BCUT2D eigenvalue weighted by atomic mass is 19.1. The Morgan fingerprint density at radius 2 is 1.61 bits per heavy atom. The van der Waals surface area contributed by atoms with Crippen LogP contribution in [0.25, 0.3) is 11.0 Å². The molecule has 1 fully saturated rings. The number of rotatable bonds is 4. The molecule has 0 N–H and O–H groups in total. The van der Waals surface area contributed by atoms with Crippen LogP contribution in [0.5, 0.6) is 0 Å². The quantitative estimate of drug-likeness (QED) is 0.695. The van der Waals surface area contributed by atoms with E-state index in [1.807, 2.05) is 35.2 Å². The van der Waals surface area contributed by atoms with Crippen LogP contribution < -0.4 is 10.6 Å². The average Bonchev–Trinajstić information content (AvgIpc) is 2.97. The van der Waals surface area contributed by atoms with Gasteiger partial charge in [0.15, 0.2) is 0 Å². The summed E-state index contributed by atoms with van der Waals surface area (Å²) in [4.78, 5) is 28.9. The Morgan fingerprint density at radius 1 is 0.964 bits per heavy atom. The zero-order valence-corrected chi connectivity index (χ0v) is 15.8. The summed E-state index contributed by atoms with van der Waals surface area (Å²) in [6, 6.07) is 14.3. The van der Waals surface area contributed by atoms with Crippen molar-refractivity contribution in [3.05, 3.63) is 64.8 Å². The lowest BCUT2D eigenvalue weighted by atomic mass is 10.2. The summed E-state index contributed by atoms with van der Waals surface area (Å²) in [5.74, 6) is -0.217. The maximum Gasteiger partial charge on any atom is 0.328 e. The third-order valence-electron chi connectivity index (χ3n) is 5.43. The number of aromatic nitrogens is 2. The smallest absolute Gasteiger partial charge is 0.328 e. The van der Waals surface area contributed by atoms with Gasteiger partial charge in [-0.25, -0.2) is 9.18 Å². The third kappa shape index (κ3) is 3.28. The van der Waals surface area contributed by atoms with Crippen LogP contribution in [0.3, 0.4) is 0 Å². The largest absolute Gasteiger partial charge is 0.366 e. The number of hydrogen-bond acceptors (Lipinski definition) is 3. The zero-order chi connectivity index (χ0) is 19.7. The fourth-order valence-electron chi connectivity index (χ4n) is 3.85. The molecule has 2 aromatic carbocycles. The van der Waals surface area contributed by atoms with Crippen LogP contribution in [-0.2, 0) is 18.4 Å². The van der Waals surface area contributed by atoms with Crippen molar-refractivity contribution in [2.24, 2.45) is 7.05 Å². The van der Waals surface area contributed by atoms with E-state index >= 15 is 0 Å². The fourth-order valence-corrected chi connectivity index (χ4v) is 3.85. The maximum atomic E-state index is 13.9. The summed E-state index contributed by atoms with van der Waals surface area (Å²) in [5.41, 5.74) is 2.17. The Kier molecular flexibility index (Phi) is 4.90. The van der Waals surface area contributed by atoms with E-state index in [-0.39, 0.29) is 23.8 Å². The van der Waals surface area contributed by atoms with E-state index in [1.54, 1.807) is 33.2 Å². The summed E-state index contributed by atoms with van der Waals surface area (Å²) in [6.07, 6.45) is 0.271. The number of aryl methyl sites for hydroxylation is 2. The van der Waals surface area contributed by atoms with Crippen molar-refractivity contribution in [2.75, 3.05) is 31.1 Å². The molecule has 6 nitrogen and oxygen atoms in total. The van der Waals surface area contributed by atoms with Crippen LogP contribution in [-0.4, -0.2) is 46.1 Å². The predicted molar refractivity (Wildman–Crippen MR) is 107 cm³/mol. The van der Waals surface area contributed by atoms with Gasteiger partial charge in [-0.3, -0.25) is 13.9 Å². The number of anilines is 1. The van der Waals surface area contributed by atoms with Gasteiger partial charge >= 0.3 is 5.69 Å². The van der Waals surface area contributed by atoms with E-state index in [9.17, 15) is 14.0 Å². The van der Waals surface area contributed by atoms with Gasteiger partial charge in [0.05, 0.1) is 16.7 Å². The first-order valence-electron chi connectivity index (χ1n) is 9.48. The van der Waals surface area contributed by atoms with Crippen molar-refractivity contribution in [1.82, 2.24) is 14.0 Å². The molecule has 0 saturated carbocycles. The fraction of sp³-hybridized carbons (Fsp3) is 0.333. The molecule has 0 unspecified atom stereocenters. The summed E-state index contributed by atoms with van der Waals surface area (Å²) < 4.78 is 17.2. The number of halogens is 1. The second-order valence-corrected chi connectivity index (χ2v) is 7.05. The van der Waals surface area contributed by atoms with Gasteiger partial charge in [0.2, 0.25) is 5.91 Å². The normalized spacial score (nSPS) is 14.6. The van der Waals surface area contributed by atoms with Gasteiger partial charge in [-0.15, -0.1) is 0 Å². The number of piperazine rings is 1. The van der Waals surface area contributed by atoms with E-state index < -0.39 is 0 Å². The SMILES string of the molecule is Cn1c(=O)n(CCC(=O)N2CCN(c3ccccc3F)CC2)c2ccccc21. The molecule has 7 heteroatoms. The molecule has 1 amide bonds. The van der Waals surface area contributed by atoms with E-state index in [2.05, 4.69) is 0 Å². The number of fused-ring (bicyclic) bond motifs is 1. The topological polar surface area (TPSA) is 50.5 Å². The van der Waals surface area contributed by atoms with Gasteiger partial charge in [0.25, 0.3) is 0 Å². The van der Waals surface area contributed by atoms with Crippen LogP contribution >= 0.6 is 0 Å². The molecule has 146 valence electrons. The zero-order valence-electron chi connectivity index (χ0n) is 15.8.